The van der Waals surface area contributed by atoms with E-state index in [4.69, 9.17) is 16.3 Å². The molecule has 0 atom stereocenters. The van der Waals surface area contributed by atoms with Gasteiger partial charge in [0, 0.05) is 28.4 Å². The molecule has 0 bridgehead atoms. The van der Waals surface area contributed by atoms with Crippen molar-refractivity contribution in [3.05, 3.63) is 68.2 Å². The Labute approximate surface area is 183 Å². The molecule has 2 rings (SSSR count). The van der Waals surface area contributed by atoms with E-state index in [-0.39, 0.29) is 11.3 Å². The summed E-state index contributed by atoms with van der Waals surface area (Å²) in [5.41, 5.74) is 2.10. The van der Waals surface area contributed by atoms with Crippen molar-refractivity contribution in [2.75, 3.05) is 18.5 Å². The molecule has 0 spiro atoms. The van der Waals surface area contributed by atoms with Gasteiger partial charge in [-0.25, -0.2) is 0 Å². The highest BCUT2D eigenvalue weighted by Crippen LogP contribution is 2.29. The van der Waals surface area contributed by atoms with Crippen molar-refractivity contribution >= 4 is 40.8 Å². The second-order valence-corrected chi connectivity index (χ2v) is 6.87. The Morgan fingerprint density at radius 1 is 1.13 bits per heavy atom. The monoisotopic (exact) mass is 447 g/mol. The maximum Gasteiger partial charge on any atom is 0.325 e. The fourth-order valence-electron chi connectivity index (χ4n) is 2.85. The zero-order valence-electron chi connectivity index (χ0n) is 17.1. The molecule has 0 aliphatic rings. The highest BCUT2D eigenvalue weighted by molar-refractivity contribution is 6.32. The Balaban J connectivity index is 1.89. The molecule has 0 radical (unpaired) electrons. The molecule has 9 nitrogen and oxygen atoms in total. The highest BCUT2D eigenvalue weighted by Gasteiger charge is 2.16. The van der Waals surface area contributed by atoms with Gasteiger partial charge in [-0.15, -0.1) is 0 Å². The van der Waals surface area contributed by atoms with Gasteiger partial charge in [0.25, 0.3) is 17.5 Å². The molecule has 2 amide bonds. The first-order valence-electron chi connectivity index (χ1n) is 9.55. The van der Waals surface area contributed by atoms with E-state index in [0.29, 0.717) is 23.6 Å². The Hall–Kier alpha value is -3.46. The Morgan fingerprint density at radius 3 is 2.52 bits per heavy atom. The minimum atomic E-state index is -0.827. The van der Waals surface area contributed by atoms with Crippen LogP contribution in [0.5, 0.6) is 0 Å². The molecule has 0 aromatic heterocycles. The molecule has 164 valence electrons. The van der Waals surface area contributed by atoms with E-state index >= 15 is 0 Å². The molecular formula is C21H22ClN3O6. The molecule has 0 saturated heterocycles. The lowest BCUT2D eigenvalue weighted by atomic mass is 10.0. The maximum atomic E-state index is 12.2. The highest BCUT2D eigenvalue weighted by atomic mass is 35.5. The van der Waals surface area contributed by atoms with Gasteiger partial charge < -0.3 is 15.4 Å². The number of benzene rings is 2. The van der Waals surface area contributed by atoms with Gasteiger partial charge in [-0.3, -0.25) is 24.5 Å². The summed E-state index contributed by atoms with van der Waals surface area (Å²) in [6, 6.07) is 8.68. The van der Waals surface area contributed by atoms with Crippen molar-refractivity contribution in [3.63, 3.8) is 0 Å². The van der Waals surface area contributed by atoms with Crippen LogP contribution in [0.25, 0.3) is 0 Å². The number of hydrogen-bond acceptors (Lipinski definition) is 6. The van der Waals surface area contributed by atoms with Crippen LogP contribution in [0.2, 0.25) is 5.02 Å². The molecule has 0 unspecified atom stereocenters. The molecule has 2 aromatic carbocycles. The lowest BCUT2D eigenvalue weighted by Crippen LogP contribution is -2.32. The average molecular weight is 448 g/mol. The number of amides is 2. The normalized spacial score (nSPS) is 10.3. The second-order valence-electron chi connectivity index (χ2n) is 6.47. The number of carbonyl (C=O) groups is 3. The van der Waals surface area contributed by atoms with Gasteiger partial charge >= 0.3 is 5.97 Å². The summed E-state index contributed by atoms with van der Waals surface area (Å²) in [5.74, 6) is -2.04. The summed E-state index contributed by atoms with van der Waals surface area (Å²) in [5, 5.41) is 16.3. The van der Waals surface area contributed by atoms with Gasteiger partial charge in [0.15, 0.2) is 6.61 Å². The SMILES string of the molecule is CCc1ccc(Cl)c(CC)c1NC(=O)COC(=O)CNC(=O)c1cccc([N+](=O)[O-])c1. The van der Waals surface area contributed by atoms with Gasteiger partial charge in [0.05, 0.1) is 4.92 Å². The first-order chi connectivity index (χ1) is 14.8. The summed E-state index contributed by atoms with van der Waals surface area (Å²) in [6.07, 6.45) is 1.30. The third-order valence-electron chi connectivity index (χ3n) is 4.42. The molecule has 31 heavy (non-hydrogen) atoms. The number of rotatable bonds is 9. The van der Waals surface area contributed by atoms with Gasteiger partial charge in [0.1, 0.15) is 6.54 Å². The number of hydrogen-bond donors (Lipinski definition) is 2. The molecule has 2 aromatic rings. The minimum Gasteiger partial charge on any atom is -0.454 e. The maximum absolute atomic E-state index is 12.2. The fourth-order valence-corrected chi connectivity index (χ4v) is 3.15. The average Bonchev–Trinajstić information content (AvgIpc) is 2.76. The zero-order valence-corrected chi connectivity index (χ0v) is 17.8. The smallest absolute Gasteiger partial charge is 0.325 e. The number of halogens is 1. The Kier molecular flexibility index (Phi) is 8.51. The van der Waals surface area contributed by atoms with Crippen molar-refractivity contribution in [2.24, 2.45) is 0 Å². The van der Waals surface area contributed by atoms with Crippen LogP contribution in [-0.4, -0.2) is 35.9 Å². The van der Waals surface area contributed by atoms with Crippen LogP contribution < -0.4 is 10.6 Å². The standard InChI is InChI=1S/C21H22ClN3O6/c1-3-13-8-9-17(22)16(4-2)20(13)24-18(26)12-31-19(27)11-23-21(28)14-6-5-7-15(10-14)25(29)30/h5-10H,3-4,11-12H2,1-2H3,(H,23,28)(H,24,26). The molecule has 0 heterocycles. The van der Waals surface area contributed by atoms with E-state index in [1.165, 1.54) is 18.2 Å². The largest absolute Gasteiger partial charge is 0.454 e. The zero-order chi connectivity index (χ0) is 23.0. The first kappa shape index (κ1) is 23.8. The van der Waals surface area contributed by atoms with Crippen molar-refractivity contribution in [1.29, 1.82) is 0 Å². The quantitative estimate of drug-likeness (QED) is 0.345. The molecule has 0 aliphatic carbocycles. The predicted octanol–water partition coefficient (Wildman–Crippen LogP) is 3.28. The number of nitro benzene ring substituents is 1. The van der Waals surface area contributed by atoms with Crippen LogP contribution in [0.3, 0.4) is 0 Å². The van der Waals surface area contributed by atoms with Crippen LogP contribution in [0, 0.1) is 10.1 Å². The summed E-state index contributed by atoms with van der Waals surface area (Å²) in [4.78, 5) is 46.3. The van der Waals surface area contributed by atoms with E-state index < -0.39 is 35.9 Å². The Morgan fingerprint density at radius 2 is 1.87 bits per heavy atom. The number of nitro groups is 1. The molecular weight excluding hydrogens is 426 g/mol. The lowest BCUT2D eigenvalue weighted by molar-refractivity contribution is -0.384. The summed E-state index contributed by atoms with van der Waals surface area (Å²) in [7, 11) is 0. The third-order valence-corrected chi connectivity index (χ3v) is 4.77. The van der Waals surface area contributed by atoms with Crippen LogP contribution in [0.15, 0.2) is 36.4 Å². The number of non-ortho nitro benzene ring substituents is 1. The molecule has 2 N–H and O–H groups in total. The number of esters is 1. The van der Waals surface area contributed by atoms with Gasteiger partial charge in [-0.1, -0.05) is 37.6 Å². The van der Waals surface area contributed by atoms with Gasteiger partial charge in [-0.05, 0) is 36.1 Å². The molecule has 10 heteroatoms. The van der Waals surface area contributed by atoms with Crippen LogP contribution in [0.1, 0.15) is 35.3 Å². The van der Waals surface area contributed by atoms with Crippen LogP contribution in [-0.2, 0) is 27.2 Å². The van der Waals surface area contributed by atoms with E-state index in [1.54, 1.807) is 6.07 Å². The number of aryl methyl sites for hydroxylation is 1. The number of nitrogens with zero attached hydrogens (tertiary/aromatic N) is 1. The summed E-state index contributed by atoms with van der Waals surface area (Å²) in [6.45, 7) is 2.83. The van der Waals surface area contributed by atoms with Crippen molar-refractivity contribution in [3.8, 4) is 0 Å². The lowest BCUT2D eigenvalue weighted by Gasteiger charge is -2.16. The van der Waals surface area contributed by atoms with Gasteiger partial charge in [0.2, 0.25) is 0 Å². The molecule has 0 aliphatic heterocycles. The third kappa shape index (κ3) is 6.51. The van der Waals surface area contributed by atoms with Crippen molar-refractivity contribution in [1.82, 2.24) is 5.32 Å². The number of carbonyl (C=O) groups excluding carboxylic acids is 3. The first-order valence-corrected chi connectivity index (χ1v) is 9.92. The number of ether oxygens (including phenoxy) is 1. The number of nitrogens with one attached hydrogen (secondary N) is 2. The second kappa shape index (κ2) is 11.1. The number of anilines is 1. The van der Waals surface area contributed by atoms with E-state index in [1.807, 2.05) is 19.9 Å². The summed E-state index contributed by atoms with van der Waals surface area (Å²) >= 11 is 6.20. The van der Waals surface area contributed by atoms with E-state index in [0.717, 1.165) is 17.2 Å². The van der Waals surface area contributed by atoms with Gasteiger partial charge in [-0.2, -0.15) is 0 Å². The molecule has 0 saturated carbocycles. The van der Waals surface area contributed by atoms with E-state index in [9.17, 15) is 24.5 Å². The van der Waals surface area contributed by atoms with Crippen LogP contribution in [0.4, 0.5) is 11.4 Å². The van der Waals surface area contributed by atoms with Crippen LogP contribution >= 0.6 is 11.6 Å². The Bertz CT molecular complexity index is 1010. The minimum absolute atomic E-state index is 0.0277. The summed E-state index contributed by atoms with van der Waals surface area (Å²) < 4.78 is 4.89. The van der Waals surface area contributed by atoms with Crippen molar-refractivity contribution < 1.29 is 24.0 Å². The van der Waals surface area contributed by atoms with Crippen molar-refractivity contribution in [2.45, 2.75) is 26.7 Å². The topological polar surface area (TPSA) is 128 Å². The van der Waals surface area contributed by atoms with E-state index in [2.05, 4.69) is 10.6 Å². The predicted molar refractivity (Wildman–Crippen MR) is 115 cm³/mol. The fraction of sp³-hybridized carbons (Fsp3) is 0.286. The molecule has 0 fully saturated rings.